The minimum atomic E-state index is -0.0636. The van der Waals surface area contributed by atoms with Gasteiger partial charge in [0.1, 0.15) is 5.75 Å². The Bertz CT molecular complexity index is 455. The van der Waals surface area contributed by atoms with E-state index in [0.29, 0.717) is 12.6 Å². The number of rotatable bonds is 3. The van der Waals surface area contributed by atoms with Crippen molar-refractivity contribution in [1.29, 1.82) is 0 Å². The predicted molar refractivity (Wildman–Crippen MR) is 73.3 cm³/mol. The van der Waals surface area contributed by atoms with Gasteiger partial charge in [0.05, 0.1) is 12.5 Å². The molecular formula is C15H20N2O2. The average molecular weight is 260 g/mol. The summed E-state index contributed by atoms with van der Waals surface area (Å²) >= 11 is 0. The smallest absolute Gasteiger partial charge is 0.227 e. The van der Waals surface area contributed by atoms with E-state index >= 15 is 0 Å². The summed E-state index contributed by atoms with van der Waals surface area (Å²) in [6.45, 7) is 2.43. The Labute approximate surface area is 113 Å². The molecule has 0 radical (unpaired) electrons. The van der Waals surface area contributed by atoms with Crippen molar-refractivity contribution < 1.29 is 9.53 Å². The van der Waals surface area contributed by atoms with Crippen LogP contribution in [0.25, 0.3) is 0 Å². The lowest BCUT2D eigenvalue weighted by Gasteiger charge is -2.25. The van der Waals surface area contributed by atoms with E-state index in [1.807, 2.05) is 24.3 Å². The molecule has 1 fully saturated rings. The lowest BCUT2D eigenvalue weighted by molar-refractivity contribution is -0.123. The lowest BCUT2D eigenvalue weighted by Crippen LogP contribution is -2.40. The summed E-state index contributed by atoms with van der Waals surface area (Å²) in [5.74, 6) is 0.920. The Morgan fingerprint density at radius 2 is 2.26 bits per heavy atom. The van der Waals surface area contributed by atoms with Crippen molar-refractivity contribution in [2.45, 2.75) is 31.2 Å². The third kappa shape index (κ3) is 2.73. The highest BCUT2D eigenvalue weighted by Crippen LogP contribution is 2.33. The monoisotopic (exact) mass is 260 g/mol. The van der Waals surface area contributed by atoms with Crippen LogP contribution in [0, 0.1) is 0 Å². The topological polar surface area (TPSA) is 50.4 Å². The van der Waals surface area contributed by atoms with Crippen LogP contribution in [0.3, 0.4) is 0 Å². The van der Waals surface area contributed by atoms with E-state index in [1.165, 1.54) is 6.42 Å². The molecule has 0 saturated carbocycles. The molecule has 0 bridgehead atoms. The molecule has 0 aromatic heterocycles. The fourth-order valence-corrected chi connectivity index (χ4v) is 2.89. The number of benzene rings is 1. The van der Waals surface area contributed by atoms with E-state index in [4.69, 9.17) is 4.74 Å². The average Bonchev–Trinajstić information content (AvgIpc) is 2.97. The van der Waals surface area contributed by atoms with Crippen LogP contribution in [0.4, 0.5) is 0 Å². The first-order valence-electron chi connectivity index (χ1n) is 7.07. The van der Waals surface area contributed by atoms with Crippen molar-refractivity contribution in [2.75, 3.05) is 19.7 Å². The molecule has 2 aliphatic heterocycles. The van der Waals surface area contributed by atoms with E-state index in [2.05, 4.69) is 10.6 Å². The fraction of sp³-hybridized carbons (Fsp3) is 0.533. The van der Waals surface area contributed by atoms with Crippen LogP contribution in [-0.4, -0.2) is 31.6 Å². The first-order chi connectivity index (χ1) is 9.34. The van der Waals surface area contributed by atoms with Gasteiger partial charge in [0.15, 0.2) is 0 Å². The minimum Gasteiger partial charge on any atom is -0.493 e. The molecule has 1 saturated heterocycles. The van der Waals surface area contributed by atoms with E-state index in [1.54, 1.807) is 0 Å². The zero-order valence-corrected chi connectivity index (χ0v) is 11.0. The van der Waals surface area contributed by atoms with Crippen molar-refractivity contribution in [3.05, 3.63) is 29.8 Å². The zero-order chi connectivity index (χ0) is 13.1. The summed E-state index contributed by atoms with van der Waals surface area (Å²) < 4.78 is 5.59. The zero-order valence-electron chi connectivity index (χ0n) is 11.0. The Morgan fingerprint density at radius 3 is 3.11 bits per heavy atom. The number of nitrogens with one attached hydrogen (secondary N) is 2. The van der Waals surface area contributed by atoms with Crippen molar-refractivity contribution in [3.63, 3.8) is 0 Å². The quantitative estimate of drug-likeness (QED) is 0.864. The van der Waals surface area contributed by atoms with Crippen molar-refractivity contribution in [3.8, 4) is 5.75 Å². The summed E-state index contributed by atoms with van der Waals surface area (Å²) in [6.07, 6.45) is 3.13. The van der Waals surface area contributed by atoms with Crippen molar-refractivity contribution in [1.82, 2.24) is 10.6 Å². The first kappa shape index (κ1) is 12.5. The largest absolute Gasteiger partial charge is 0.493 e. The summed E-state index contributed by atoms with van der Waals surface area (Å²) in [5.41, 5.74) is 1.02. The van der Waals surface area contributed by atoms with Gasteiger partial charge in [-0.05, 0) is 31.9 Å². The van der Waals surface area contributed by atoms with Gasteiger partial charge in [-0.1, -0.05) is 18.2 Å². The van der Waals surface area contributed by atoms with E-state index < -0.39 is 0 Å². The molecule has 4 nitrogen and oxygen atoms in total. The number of para-hydroxylation sites is 1. The molecule has 1 aromatic carbocycles. The fourth-order valence-electron chi connectivity index (χ4n) is 2.89. The van der Waals surface area contributed by atoms with Crippen LogP contribution >= 0.6 is 0 Å². The maximum absolute atomic E-state index is 12.3. The Hall–Kier alpha value is -1.55. The highest BCUT2D eigenvalue weighted by atomic mass is 16.5. The molecule has 2 atom stereocenters. The van der Waals surface area contributed by atoms with Gasteiger partial charge < -0.3 is 15.4 Å². The minimum absolute atomic E-state index is 0.0636. The van der Waals surface area contributed by atoms with Crippen LogP contribution in [-0.2, 0) is 4.79 Å². The van der Waals surface area contributed by atoms with E-state index in [0.717, 1.165) is 37.2 Å². The second-order valence-corrected chi connectivity index (χ2v) is 5.27. The Balaban J connectivity index is 1.64. The second kappa shape index (κ2) is 5.61. The SMILES string of the molecule is O=C(NCC1CCCN1)C1CCOc2ccccc21. The van der Waals surface area contributed by atoms with Gasteiger partial charge in [0.25, 0.3) is 0 Å². The lowest BCUT2D eigenvalue weighted by atomic mass is 9.92. The summed E-state index contributed by atoms with van der Waals surface area (Å²) in [7, 11) is 0. The summed E-state index contributed by atoms with van der Waals surface area (Å²) in [6, 6.07) is 8.28. The Morgan fingerprint density at radius 1 is 1.37 bits per heavy atom. The summed E-state index contributed by atoms with van der Waals surface area (Å²) in [5, 5.41) is 6.47. The van der Waals surface area contributed by atoms with Crippen molar-refractivity contribution >= 4 is 5.91 Å². The van der Waals surface area contributed by atoms with Gasteiger partial charge >= 0.3 is 0 Å². The van der Waals surface area contributed by atoms with Crippen LogP contribution in [0.15, 0.2) is 24.3 Å². The first-order valence-corrected chi connectivity index (χ1v) is 7.07. The molecule has 3 rings (SSSR count). The maximum Gasteiger partial charge on any atom is 0.227 e. The Kier molecular flexibility index (Phi) is 3.69. The van der Waals surface area contributed by atoms with Crippen LogP contribution < -0.4 is 15.4 Å². The molecule has 2 heterocycles. The summed E-state index contributed by atoms with van der Waals surface area (Å²) in [4.78, 5) is 12.3. The van der Waals surface area contributed by atoms with Gasteiger partial charge in [0.2, 0.25) is 5.91 Å². The number of carbonyl (C=O) groups is 1. The number of carbonyl (C=O) groups excluding carboxylic acids is 1. The molecule has 1 amide bonds. The number of fused-ring (bicyclic) bond motifs is 1. The molecule has 0 aliphatic carbocycles. The van der Waals surface area contributed by atoms with Gasteiger partial charge in [-0.2, -0.15) is 0 Å². The van der Waals surface area contributed by atoms with Gasteiger partial charge in [-0.3, -0.25) is 4.79 Å². The number of amides is 1. The van der Waals surface area contributed by atoms with Gasteiger partial charge in [-0.25, -0.2) is 0 Å². The molecule has 1 aromatic rings. The second-order valence-electron chi connectivity index (χ2n) is 5.27. The molecule has 19 heavy (non-hydrogen) atoms. The molecule has 0 spiro atoms. The third-order valence-corrected chi connectivity index (χ3v) is 3.96. The standard InChI is InChI=1S/C15H20N2O2/c18-15(17-10-11-4-3-8-16-11)13-7-9-19-14-6-2-1-5-12(13)14/h1-2,5-6,11,13,16H,3-4,7-10H2,(H,17,18). The molecule has 4 heteroatoms. The van der Waals surface area contributed by atoms with Crippen LogP contribution in [0.5, 0.6) is 5.75 Å². The van der Waals surface area contributed by atoms with Crippen molar-refractivity contribution in [2.24, 2.45) is 0 Å². The van der Waals surface area contributed by atoms with Crippen LogP contribution in [0.2, 0.25) is 0 Å². The highest BCUT2D eigenvalue weighted by molar-refractivity contribution is 5.84. The van der Waals surface area contributed by atoms with E-state index in [-0.39, 0.29) is 11.8 Å². The maximum atomic E-state index is 12.3. The molecule has 2 N–H and O–H groups in total. The predicted octanol–water partition coefficient (Wildman–Crippen LogP) is 1.42. The van der Waals surface area contributed by atoms with Gasteiger partial charge in [0, 0.05) is 18.2 Å². The molecule has 2 unspecified atom stereocenters. The highest BCUT2D eigenvalue weighted by Gasteiger charge is 2.27. The number of hydrogen-bond donors (Lipinski definition) is 2. The third-order valence-electron chi connectivity index (χ3n) is 3.96. The van der Waals surface area contributed by atoms with Gasteiger partial charge in [-0.15, -0.1) is 0 Å². The molecule has 102 valence electrons. The normalized spacial score (nSPS) is 25.5. The van der Waals surface area contributed by atoms with E-state index in [9.17, 15) is 4.79 Å². The van der Waals surface area contributed by atoms with Crippen LogP contribution in [0.1, 0.15) is 30.7 Å². The molecular weight excluding hydrogens is 240 g/mol. The number of hydrogen-bond acceptors (Lipinski definition) is 3. The number of ether oxygens (including phenoxy) is 1. The molecule has 2 aliphatic rings.